The highest BCUT2D eigenvalue weighted by Gasteiger charge is 2.22. The van der Waals surface area contributed by atoms with Crippen LogP contribution in [0.4, 0.5) is 0 Å². The van der Waals surface area contributed by atoms with E-state index in [2.05, 4.69) is 5.16 Å². The first-order chi connectivity index (χ1) is 13.6. The molecule has 8 nitrogen and oxygen atoms in total. The van der Waals surface area contributed by atoms with Crippen molar-refractivity contribution in [1.29, 1.82) is 0 Å². The first-order valence-corrected chi connectivity index (χ1v) is 10.6. The lowest BCUT2D eigenvalue weighted by Crippen LogP contribution is -2.17. The fourth-order valence-corrected chi connectivity index (χ4v) is 3.98. The van der Waals surface area contributed by atoms with Gasteiger partial charge in [0, 0.05) is 29.3 Å². The van der Waals surface area contributed by atoms with Gasteiger partial charge in [-0.1, -0.05) is 17.3 Å². The molecule has 2 aromatic heterocycles. The van der Waals surface area contributed by atoms with E-state index in [1.54, 1.807) is 30.5 Å². The predicted molar refractivity (Wildman–Crippen MR) is 104 cm³/mol. The van der Waals surface area contributed by atoms with Gasteiger partial charge in [0.1, 0.15) is 5.76 Å². The number of ketones is 1. The monoisotopic (exact) mass is 416 g/mol. The summed E-state index contributed by atoms with van der Waals surface area (Å²) in [6, 6.07) is 9.14. The van der Waals surface area contributed by atoms with Crippen molar-refractivity contribution >= 4 is 21.6 Å². The van der Waals surface area contributed by atoms with Gasteiger partial charge in [-0.25, -0.2) is 13.2 Å². The molecule has 0 saturated heterocycles. The minimum Gasteiger partial charge on any atom is -0.454 e. The van der Waals surface area contributed by atoms with Crippen LogP contribution in [-0.2, 0) is 14.6 Å². The van der Waals surface area contributed by atoms with Crippen molar-refractivity contribution in [3.63, 3.8) is 0 Å². The number of ether oxygens (including phenoxy) is 1. The molecule has 3 rings (SSSR count). The second-order valence-corrected chi connectivity index (χ2v) is 8.67. The van der Waals surface area contributed by atoms with E-state index in [1.807, 2.05) is 6.92 Å². The van der Waals surface area contributed by atoms with Crippen molar-refractivity contribution in [3.8, 4) is 5.82 Å². The molecule has 1 aromatic carbocycles. The summed E-state index contributed by atoms with van der Waals surface area (Å²) < 4.78 is 35.7. The number of hydrogen-bond acceptors (Lipinski definition) is 7. The Hall–Kier alpha value is -3.20. The van der Waals surface area contributed by atoms with E-state index in [0.717, 1.165) is 11.9 Å². The number of Topliss-reactive ketones (excluding diaryl/α,β-unsaturated/α-hetero) is 1. The lowest BCUT2D eigenvalue weighted by Gasteiger charge is -2.08. The molecule has 0 N–H and O–H groups in total. The quantitative estimate of drug-likeness (QED) is 0.449. The molecule has 0 fully saturated rings. The zero-order valence-electron chi connectivity index (χ0n) is 16.4. The third-order valence-corrected chi connectivity index (χ3v) is 5.57. The minimum absolute atomic E-state index is 0.105. The van der Waals surface area contributed by atoms with E-state index in [4.69, 9.17) is 9.26 Å². The van der Waals surface area contributed by atoms with Gasteiger partial charge < -0.3 is 9.26 Å². The Bertz CT molecular complexity index is 1200. The third-order valence-electron chi connectivity index (χ3n) is 4.42. The molecule has 0 amide bonds. The number of benzene rings is 1. The van der Waals surface area contributed by atoms with Crippen LogP contribution in [-0.4, -0.2) is 42.8 Å². The number of carbonyl (C=O) groups is 2. The van der Waals surface area contributed by atoms with E-state index in [-0.39, 0.29) is 10.5 Å². The van der Waals surface area contributed by atoms with Crippen LogP contribution >= 0.6 is 0 Å². The highest BCUT2D eigenvalue weighted by Crippen LogP contribution is 2.22. The minimum atomic E-state index is -3.61. The zero-order valence-corrected chi connectivity index (χ0v) is 17.2. The number of nitrogens with zero attached hydrogens (tertiary/aromatic N) is 2. The van der Waals surface area contributed by atoms with E-state index in [0.29, 0.717) is 22.8 Å². The van der Waals surface area contributed by atoms with Crippen LogP contribution in [0.25, 0.3) is 5.82 Å². The lowest BCUT2D eigenvalue weighted by molar-refractivity contribution is 0.0471. The number of carbonyl (C=O) groups excluding carboxylic acids is 2. The van der Waals surface area contributed by atoms with Crippen molar-refractivity contribution in [2.24, 2.45) is 0 Å². The Kier molecular flexibility index (Phi) is 5.43. The third kappa shape index (κ3) is 4.14. The van der Waals surface area contributed by atoms with E-state index in [9.17, 15) is 18.0 Å². The summed E-state index contributed by atoms with van der Waals surface area (Å²) in [5.74, 6) is -0.0930. The van der Waals surface area contributed by atoms with Crippen LogP contribution in [0.2, 0.25) is 0 Å². The molecule has 9 heteroatoms. The maximum atomic E-state index is 12.6. The molecule has 0 spiro atoms. The second kappa shape index (κ2) is 7.67. The molecule has 0 bridgehead atoms. The van der Waals surface area contributed by atoms with Gasteiger partial charge in [0.15, 0.2) is 22.3 Å². The lowest BCUT2D eigenvalue weighted by atomic mass is 10.1. The summed E-state index contributed by atoms with van der Waals surface area (Å²) in [4.78, 5) is 24.9. The van der Waals surface area contributed by atoms with Gasteiger partial charge in [0.05, 0.1) is 10.5 Å². The summed E-state index contributed by atoms with van der Waals surface area (Å²) in [6.45, 7) is 4.83. The Morgan fingerprint density at radius 1 is 1.10 bits per heavy atom. The molecule has 0 aliphatic rings. The van der Waals surface area contributed by atoms with Gasteiger partial charge in [0.25, 0.3) is 0 Å². The van der Waals surface area contributed by atoms with Crippen LogP contribution in [0.5, 0.6) is 0 Å². The number of esters is 1. The van der Waals surface area contributed by atoms with Crippen molar-refractivity contribution in [1.82, 2.24) is 9.72 Å². The first-order valence-electron chi connectivity index (χ1n) is 8.71. The zero-order chi connectivity index (χ0) is 21.3. The maximum Gasteiger partial charge on any atom is 0.339 e. The average Bonchev–Trinajstić information content (AvgIpc) is 3.21. The smallest absolute Gasteiger partial charge is 0.339 e. The molecule has 2 heterocycles. The van der Waals surface area contributed by atoms with Gasteiger partial charge in [-0.15, -0.1) is 0 Å². The molecule has 0 atom stereocenters. The number of aryl methyl sites for hydroxylation is 2. The Balaban J connectivity index is 1.80. The highest BCUT2D eigenvalue weighted by molar-refractivity contribution is 7.90. The fourth-order valence-electron chi connectivity index (χ4n) is 3.10. The van der Waals surface area contributed by atoms with Crippen LogP contribution in [0, 0.1) is 20.8 Å². The summed E-state index contributed by atoms with van der Waals surface area (Å²) >= 11 is 0. The van der Waals surface area contributed by atoms with E-state index < -0.39 is 28.2 Å². The number of hydrogen-bond donors (Lipinski definition) is 0. The summed E-state index contributed by atoms with van der Waals surface area (Å²) in [6.07, 6.45) is 1.00. The fraction of sp³-hybridized carbons (Fsp3) is 0.250. The molecule has 0 radical (unpaired) electrons. The van der Waals surface area contributed by atoms with Crippen molar-refractivity contribution in [2.75, 3.05) is 12.9 Å². The van der Waals surface area contributed by atoms with Gasteiger partial charge in [-0.3, -0.25) is 9.36 Å². The number of aromatic nitrogens is 2. The van der Waals surface area contributed by atoms with Crippen molar-refractivity contribution in [2.45, 2.75) is 25.7 Å². The molecule has 152 valence electrons. The molecule has 0 saturated carbocycles. The van der Waals surface area contributed by atoms with Gasteiger partial charge in [-0.05, 0) is 39.0 Å². The number of rotatable bonds is 6. The van der Waals surface area contributed by atoms with Crippen LogP contribution < -0.4 is 0 Å². The van der Waals surface area contributed by atoms with Gasteiger partial charge in [0.2, 0.25) is 5.78 Å². The average molecular weight is 416 g/mol. The van der Waals surface area contributed by atoms with Crippen molar-refractivity contribution < 1.29 is 27.3 Å². The Labute approximate surface area is 168 Å². The van der Waals surface area contributed by atoms with E-state index in [1.165, 1.54) is 24.3 Å². The molecular formula is C20H20N2O6S. The largest absolute Gasteiger partial charge is 0.454 e. The standard InChI is InChI=1S/C20H20N2O6S/c1-12-9-16(14(3)22(12)19-10-13(2)28-21-19)17(23)11-27-20(24)15-7-5-6-8-18(15)29(4,25)26/h5-10H,11H2,1-4H3. The van der Waals surface area contributed by atoms with Crippen LogP contribution in [0.15, 0.2) is 45.8 Å². The van der Waals surface area contributed by atoms with Gasteiger partial charge in [-0.2, -0.15) is 0 Å². The number of sulfone groups is 1. The van der Waals surface area contributed by atoms with Gasteiger partial charge >= 0.3 is 5.97 Å². The summed E-state index contributed by atoms with van der Waals surface area (Å²) in [5.41, 5.74) is 1.68. The first kappa shape index (κ1) is 20.5. The predicted octanol–water partition coefficient (Wildman–Crippen LogP) is 2.83. The molecule has 0 aliphatic heterocycles. The maximum absolute atomic E-state index is 12.6. The second-order valence-electron chi connectivity index (χ2n) is 6.68. The van der Waals surface area contributed by atoms with E-state index >= 15 is 0 Å². The molecule has 3 aromatic rings. The SMILES string of the molecule is Cc1cc(-n2c(C)cc(C(=O)COC(=O)c3ccccc3S(C)(=O)=O)c2C)no1. The Morgan fingerprint density at radius 3 is 2.41 bits per heavy atom. The Morgan fingerprint density at radius 2 is 1.79 bits per heavy atom. The summed E-state index contributed by atoms with van der Waals surface area (Å²) in [5, 5.41) is 3.96. The molecule has 0 unspecified atom stereocenters. The molecule has 29 heavy (non-hydrogen) atoms. The molecular weight excluding hydrogens is 396 g/mol. The van der Waals surface area contributed by atoms with Crippen molar-refractivity contribution in [3.05, 3.63) is 64.7 Å². The van der Waals surface area contributed by atoms with Crippen LogP contribution in [0.3, 0.4) is 0 Å². The highest BCUT2D eigenvalue weighted by atomic mass is 32.2. The summed E-state index contributed by atoms with van der Waals surface area (Å²) in [7, 11) is -3.61. The molecule has 0 aliphatic carbocycles. The normalized spacial score (nSPS) is 11.4. The topological polar surface area (TPSA) is 108 Å². The van der Waals surface area contributed by atoms with Crippen LogP contribution in [0.1, 0.15) is 37.9 Å².